The third-order valence-corrected chi connectivity index (χ3v) is 4.23. The van der Waals surface area contributed by atoms with Crippen LogP contribution in [0.1, 0.15) is 31.1 Å². The van der Waals surface area contributed by atoms with Crippen molar-refractivity contribution in [3.63, 3.8) is 0 Å². The smallest absolute Gasteiger partial charge is 0.244 e. The molecule has 1 fully saturated rings. The molecule has 0 spiro atoms. The van der Waals surface area contributed by atoms with Gasteiger partial charge in [-0.25, -0.2) is 0 Å². The van der Waals surface area contributed by atoms with E-state index < -0.39 is 0 Å². The number of amides is 1. The van der Waals surface area contributed by atoms with Crippen molar-refractivity contribution in [1.29, 1.82) is 0 Å². The summed E-state index contributed by atoms with van der Waals surface area (Å²) in [5, 5.41) is 3.03. The summed E-state index contributed by atoms with van der Waals surface area (Å²) in [6.45, 7) is 2.23. The van der Waals surface area contributed by atoms with Gasteiger partial charge in [-0.3, -0.25) is 4.79 Å². The van der Waals surface area contributed by atoms with Crippen molar-refractivity contribution in [3.8, 4) is 0 Å². The maximum absolute atomic E-state index is 11.7. The molecule has 1 aromatic rings. The number of carbonyl (C=O) groups is 1. The highest BCUT2D eigenvalue weighted by atomic mass is 35.5. The second-order valence-electron chi connectivity index (χ2n) is 4.60. The molecule has 0 aromatic carbocycles. The van der Waals surface area contributed by atoms with Crippen LogP contribution in [0.4, 0.5) is 0 Å². The lowest BCUT2D eigenvalue weighted by molar-refractivity contribution is -0.117. The second-order valence-corrected chi connectivity index (χ2v) is 6.35. The monoisotopic (exact) mass is 269 g/mol. The number of carbonyl (C=O) groups excluding carboxylic acids is 1. The molecule has 0 radical (unpaired) electrons. The van der Waals surface area contributed by atoms with Gasteiger partial charge in [0.25, 0.3) is 0 Å². The van der Waals surface area contributed by atoms with E-state index in [1.807, 2.05) is 18.2 Å². The van der Waals surface area contributed by atoms with E-state index in [0.29, 0.717) is 6.04 Å². The third kappa shape index (κ3) is 3.86. The SMILES string of the molecule is CC1CCC(NC(=O)/C=C/c2ccc(Cl)s2)C1. The number of hydrogen-bond donors (Lipinski definition) is 1. The average molecular weight is 270 g/mol. The molecule has 1 heterocycles. The van der Waals surface area contributed by atoms with Crippen LogP contribution in [-0.4, -0.2) is 11.9 Å². The van der Waals surface area contributed by atoms with Gasteiger partial charge in [0.05, 0.1) is 4.34 Å². The van der Waals surface area contributed by atoms with Gasteiger partial charge in [-0.1, -0.05) is 18.5 Å². The van der Waals surface area contributed by atoms with Crippen molar-refractivity contribution in [2.24, 2.45) is 5.92 Å². The number of rotatable bonds is 3. The Balaban J connectivity index is 1.83. The summed E-state index contributed by atoms with van der Waals surface area (Å²) in [7, 11) is 0. The summed E-state index contributed by atoms with van der Waals surface area (Å²) in [4.78, 5) is 12.7. The molecule has 17 heavy (non-hydrogen) atoms. The van der Waals surface area contributed by atoms with Crippen LogP contribution >= 0.6 is 22.9 Å². The Morgan fingerprint density at radius 3 is 2.94 bits per heavy atom. The van der Waals surface area contributed by atoms with Crippen LogP contribution in [0.15, 0.2) is 18.2 Å². The number of thiophene rings is 1. The fourth-order valence-electron chi connectivity index (χ4n) is 2.16. The first-order valence-electron chi connectivity index (χ1n) is 5.87. The molecule has 0 saturated heterocycles. The van der Waals surface area contributed by atoms with Gasteiger partial charge in [0, 0.05) is 17.0 Å². The van der Waals surface area contributed by atoms with Crippen molar-refractivity contribution < 1.29 is 4.79 Å². The van der Waals surface area contributed by atoms with Gasteiger partial charge in [0.1, 0.15) is 0 Å². The van der Waals surface area contributed by atoms with Crippen LogP contribution in [0.3, 0.4) is 0 Å². The lowest BCUT2D eigenvalue weighted by atomic mass is 10.1. The second kappa shape index (κ2) is 5.69. The van der Waals surface area contributed by atoms with Crippen LogP contribution in [-0.2, 0) is 4.79 Å². The largest absolute Gasteiger partial charge is 0.350 e. The zero-order valence-corrected chi connectivity index (χ0v) is 11.4. The maximum Gasteiger partial charge on any atom is 0.244 e. The first kappa shape index (κ1) is 12.7. The van der Waals surface area contributed by atoms with Gasteiger partial charge >= 0.3 is 0 Å². The van der Waals surface area contributed by atoms with E-state index in [-0.39, 0.29) is 5.91 Å². The van der Waals surface area contributed by atoms with Gasteiger partial charge in [-0.2, -0.15) is 0 Å². The summed E-state index contributed by atoms with van der Waals surface area (Å²) in [6.07, 6.45) is 6.82. The number of halogens is 1. The Morgan fingerprint density at radius 2 is 2.35 bits per heavy atom. The van der Waals surface area contributed by atoms with Crippen LogP contribution in [0, 0.1) is 5.92 Å². The summed E-state index contributed by atoms with van der Waals surface area (Å²) in [5.41, 5.74) is 0. The van der Waals surface area contributed by atoms with E-state index in [9.17, 15) is 4.79 Å². The minimum Gasteiger partial charge on any atom is -0.350 e. The van der Waals surface area contributed by atoms with Crippen molar-refractivity contribution in [2.45, 2.75) is 32.2 Å². The Hall–Kier alpha value is -0.800. The molecule has 0 aliphatic heterocycles. The molecule has 92 valence electrons. The normalized spacial score (nSPS) is 24.4. The van der Waals surface area contributed by atoms with E-state index in [1.165, 1.54) is 17.8 Å². The zero-order valence-electron chi connectivity index (χ0n) is 9.78. The lowest BCUT2D eigenvalue weighted by Gasteiger charge is -2.09. The molecule has 2 unspecified atom stereocenters. The predicted molar refractivity (Wildman–Crippen MR) is 73.3 cm³/mol. The quantitative estimate of drug-likeness (QED) is 0.833. The van der Waals surface area contributed by atoms with E-state index in [4.69, 9.17) is 11.6 Å². The molecule has 1 N–H and O–H groups in total. The minimum atomic E-state index is -0.00591. The molecule has 0 bridgehead atoms. The zero-order chi connectivity index (χ0) is 12.3. The molecule has 2 atom stereocenters. The Morgan fingerprint density at radius 1 is 1.53 bits per heavy atom. The molecule has 1 amide bonds. The van der Waals surface area contributed by atoms with Crippen molar-refractivity contribution in [3.05, 3.63) is 27.4 Å². The highest BCUT2D eigenvalue weighted by molar-refractivity contribution is 7.17. The Bertz CT molecular complexity index is 427. The third-order valence-electron chi connectivity index (χ3n) is 3.03. The van der Waals surface area contributed by atoms with Crippen LogP contribution < -0.4 is 5.32 Å². The Kier molecular flexibility index (Phi) is 4.24. The van der Waals surface area contributed by atoms with Gasteiger partial charge in [-0.05, 0) is 43.4 Å². The van der Waals surface area contributed by atoms with Crippen molar-refractivity contribution >= 4 is 34.9 Å². The summed E-state index contributed by atoms with van der Waals surface area (Å²) in [6, 6.07) is 4.10. The van der Waals surface area contributed by atoms with E-state index in [2.05, 4.69) is 12.2 Å². The van der Waals surface area contributed by atoms with Crippen LogP contribution in [0.25, 0.3) is 6.08 Å². The van der Waals surface area contributed by atoms with Crippen molar-refractivity contribution in [2.75, 3.05) is 0 Å². The first-order valence-corrected chi connectivity index (χ1v) is 7.07. The van der Waals surface area contributed by atoms with Crippen LogP contribution in [0.5, 0.6) is 0 Å². The van der Waals surface area contributed by atoms with E-state index in [0.717, 1.165) is 28.0 Å². The van der Waals surface area contributed by atoms with E-state index >= 15 is 0 Å². The first-order chi connectivity index (χ1) is 8.13. The summed E-state index contributed by atoms with van der Waals surface area (Å²) >= 11 is 7.28. The van der Waals surface area contributed by atoms with Crippen LogP contribution in [0.2, 0.25) is 4.34 Å². The molecule has 1 aliphatic rings. The Labute approximate surface area is 111 Å². The fraction of sp³-hybridized carbons (Fsp3) is 0.462. The standard InChI is InChI=1S/C13H16ClNOS/c1-9-2-3-10(8-9)15-13(16)7-5-11-4-6-12(14)17-11/h4-7,9-10H,2-3,8H2,1H3,(H,15,16)/b7-5+. The van der Waals surface area contributed by atoms with E-state index in [1.54, 1.807) is 6.08 Å². The lowest BCUT2D eigenvalue weighted by Crippen LogP contribution is -2.31. The molecule has 1 aromatic heterocycles. The highest BCUT2D eigenvalue weighted by Gasteiger charge is 2.21. The predicted octanol–water partition coefficient (Wildman–Crippen LogP) is 3.72. The summed E-state index contributed by atoms with van der Waals surface area (Å²) < 4.78 is 0.745. The molecule has 1 saturated carbocycles. The molecular weight excluding hydrogens is 254 g/mol. The molecule has 1 aliphatic carbocycles. The molecule has 2 nitrogen and oxygen atoms in total. The average Bonchev–Trinajstić information content (AvgIpc) is 2.85. The topological polar surface area (TPSA) is 29.1 Å². The molecule has 2 rings (SSSR count). The minimum absolute atomic E-state index is 0.00591. The van der Waals surface area contributed by atoms with Crippen molar-refractivity contribution in [1.82, 2.24) is 5.32 Å². The van der Waals surface area contributed by atoms with Gasteiger partial charge < -0.3 is 5.32 Å². The van der Waals surface area contributed by atoms with Gasteiger partial charge in [0.15, 0.2) is 0 Å². The van der Waals surface area contributed by atoms with Gasteiger partial charge in [0.2, 0.25) is 5.91 Å². The number of nitrogens with one attached hydrogen (secondary N) is 1. The summed E-state index contributed by atoms with van der Waals surface area (Å²) in [5.74, 6) is 0.731. The number of hydrogen-bond acceptors (Lipinski definition) is 2. The fourth-order valence-corrected chi connectivity index (χ4v) is 3.13. The molecule has 4 heteroatoms. The molecular formula is C13H16ClNOS. The van der Waals surface area contributed by atoms with Gasteiger partial charge in [-0.15, -0.1) is 11.3 Å². The maximum atomic E-state index is 11.7. The highest BCUT2D eigenvalue weighted by Crippen LogP contribution is 2.25.